The van der Waals surface area contributed by atoms with Crippen LogP contribution in [-0.2, 0) is 23.9 Å². The molecule has 2 unspecified atom stereocenters. The van der Waals surface area contributed by atoms with Crippen LogP contribution >= 0.6 is 0 Å². The third-order valence-corrected chi connectivity index (χ3v) is 6.43. The smallest absolute Gasteiger partial charge is 0.317 e. The summed E-state index contributed by atoms with van der Waals surface area (Å²) < 4.78 is 11.2. The summed E-state index contributed by atoms with van der Waals surface area (Å²) >= 11 is 0. The van der Waals surface area contributed by atoms with Gasteiger partial charge >= 0.3 is 11.9 Å². The fourth-order valence-electron chi connectivity index (χ4n) is 4.52. The summed E-state index contributed by atoms with van der Waals surface area (Å²) in [6.45, 7) is 1.36. The second-order valence-electron chi connectivity index (χ2n) is 8.59. The van der Waals surface area contributed by atoms with Crippen molar-refractivity contribution in [1.29, 1.82) is 0 Å². The Kier molecular flexibility index (Phi) is 6.65. The van der Waals surface area contributed by atoms with E-state index >= 15 is 0 Å². The topological polar surface area (TPSA) is 111 Å². The number of imide groups is 1. The molecule has 0 radical (unpaired) electrons. The van der Waals surface area contributed by atoms with Crippen LogP contribution in [0.1, 0.15) is 56.4 Å². The van der Waals surface area contributed by atoms with Gasteiger partial charge in [0.2, 0.25) is 11.8 Å². The summed E-state index contributed by atoms with van der Waals surface area (Å²) in [4.78, 5) is 47.7. The second-order valence-corrected chi connectivity index (χ2v) is 8.59. The van der Waals surface area contributed by atoms with Crippen LogP contribution in [0.5, 0.6) is 5.75 Å². The van der Waals surface area contributed by atoms with Gasteiger partial charge < -0.3 is 14.8 Å². The Hall–Kier alpha value is -2.74. The maximum Gasteiger partial charge on any atom is 0.317 e. The highest BCUT2D eigenvalue weighted by molar-refractivity contribution is 6.00. The van der Waals surface area contributed by atoms with Crippen LogP contribution in [0.4, 0.5) is 0 Å². The molecule has 0 bridgehead atoms. The monoisotopic (exact) mass is 428 g/mol. The predicted octanol–water partition coefficient (Wildman–Crippen LogP) is 1.82. The first-order chi connectivity index (χ1) is 15.0. The number of carbonyl (C=O) groups excluding carboxylic acids is 4. The normalized spacial score (nSPS) is 28.6. The van der Waals surface area contributed by atoms with Crippen LogP contribution in [0.3, 0.4) is 0 Å². The zero-order valence-electron chi connectivity index (χ0n) is 17.4. The number of amides is 2. The number of ether oxygens (including phenoxy) is 2. The maximum absolute atomic E-state index is 12.3. The Labute approximate surface area is 181 Å². The number of benzene rings is 1. The molecule has 166 valence electrons. The van der Waals surface area contributed by atoms with Crippen LogP contribution in [-0.4, -0.2) is 42.9 Å². The van der Waals surface area contributed by atoms with Gasteiger partial charge in [0, 0.05) is 13.0 Å². The molecule has 4 rings (SSSR count). The third kappa shape index (κ3) is 5.31. The zero-order valence-corrected chi connectivity index (χ0v) is 17.4. The van der Waals surface area contributed by atoms with Gasteiger partial charge in [0.05, 0.1) is 23.9 Å². The Balaban J connectivity index is 1.23. The van der Waals surface area contributed by atoms with Gasteiger partial charge in [-0.25, -0.2) is 0 Å². The molecule has 3 fully saturated rings. The molecule has 8 heteroatoms. The van der Waals surface area contributed by atoms with Crippen molar-refractivity contribution in [3.8, 4) is 5.75 Å². The van der Waals surface area contributed by atoms with Crippen molar-refractivity contribution < 1.29 is 28.7 Å². The van der Waals surface area contributed by atoms with E-state index in [0.717, 1.165) is 18.5 Å². The number of nitrogens with one attached hydrogen (secondary N) is 2. The standard InChI is InChI=1S/C23H28N2O6/c26-20-10-9-19(21(27)25-20)14-1-5-17(6-2-14)30-18-7-3-15(4-8-18)22(28)31-23(29)16-11-12-24-13-16/h1-2,5-6,15-16,18-19,24H,3-4,7-13H2,(H,25,26,27)/t15-,16?,18-,19?. The summed E-state index contributed by atoms with van der Waals surface area (Å²) in [5.74, 6) is -1.37. The van der Waals surface area contributed by atoms with Crippen LogP contribution < -0.4 is 15.4 Å². The van der Waals surface area contributed by atoms with Gasteiger partial charge in [0.1, 0.15) is 5.75 Å². The first-order valence-corrected chi connectivity index (χ1v) is 11.1. The van der Waals surface area contributed by atoms with Crippen LogP contribution in [0, 0.1) is 11.8 Å². The predicted molar refractivity (Wildman–Crippen MR) is 110 cm³/mol. The third-order valence-electron chi connectivity index (χ3n) is 6.43. The second kappa shape index (κ2) is 9.60. The minimum atomic E-state index is -0.413. The minimum absolute atomic E-state index is 0.000217. The van der Waals surface area contributed by atoms with Crippen molar-refractivity contribution in [1.82, 2.24) is 10.6 Å². The van der Waals surface area contributed by atoms with Gasteiger partial charge in [-0.2, -0.15) is 0 Å². The molecular formula is C23H28N2O6. The lowest BCUT2D eigenvalue weighted by Crippen LogP contribution is -2.39. The summed E-state index contributed by atoms with van der Waals surface area (Å²) in [6.07, 6.45) is 4.28. The van der Waals surface area contributed by atoms with E-state index in [1.807, 2.05) is 24.3 Å². The molecule has 2 atom stereocenters. The largest absolute Gasteiger partial charge is 0.490 e. The molecule has 1 aromatic rings. The summed E-state index contributed by atoms with van der Waals surface area (Å²) in [5, 5.41) is 5.48. The zero-order chi connectivity index (χ0) is 21.8. The van der Waals surface area contributed by atoms with Crippen molar-refractivity contribution >= 4 is 23.8 Å². The van der Waals surface area contributed by atoms with Gasteiger partial charge in [-0.1, -0.05) is 12.1 Å². The number of carbonyl (C=O) groups is 4. The molecule has 8 nitrogen and oxygen atoms in total. The molecule has 3 aliphatic rings. The highest BCUT2D eigenvalue weighted by Crippen LogP contribution is 2.31. The molecule has 2 amide bonds. The van der Waals surface area contributed by atoms with Gasteiger partial charge in [0.25, 0.3) is 0 Å². The van der Waals surface area contributed by atoms with E-state index in [0.29, 0.717) is 50.8 Å². The summed E-state index contributed by atoms with van der Waals surface area (Å²) in [5.41, 5.74) is 0.867. The average molecular weight is 428 g/mol. The molecule has 1 saturated carbocycles. The van der Waals surface area contributed by atoms with Crippen molar-refractivity contribution in [2.24, 2.45) is 11.8 Å². The molecule has 0 spiro atoms. The number of hydrogen-bond acceptors (Lipinski definition) is 7. The Morgan fingerprint density at radius 2 is 1.58 bits per heavy atom. The van der Waals surface area contributed by atoms with Gasteiger partial charge in [-0.3, -0.25) is 24.5 Å². The van der Waals surface area contributed by atoms with E-state index in [1.165, 1.54) is 0 Å². The van der Waals surface area contributed by atoms with Crippen molar-refractivity contribution in [3.63, 3.8) is 0 Å². The summed E-state index contributed by atoms with van der Waals surface area (Å²) in [6, 6.07) is 7.41. The van der Waals surface area contributed by atoms with Crippen LogP contribution in [0.25, 0.3) is 0 Å². The van der Waals surface area contributed by atoms with E-state index in [2.05, 4.69) is 10.6 Å². The van der Waals surface area contributed by atoms with Gasteiger partial charge in [0.15, 0.2) is 0 Å². The number of esters is 2. The fourth-order valence-corrected chi connectivity index (χ4v) is 4.52. The Morgan fingerprint density at radius 3 is 2.23 bits per heavy atom. The van der Waals surface area contributed by atoms with Gasteiger partial charge in [-0.05, 0) is 62.8 Å². The fraction of sp³-hybridized carbons (Fsp3) is 0.565. The Bertz CT molecular complexity index is 838. The quantitative estimate of drug-likeness (QED) is 0.418. The van der Waals surface area contributed by atoms with E-state index in [9.17, 15) is 19.2 Å². The van der Waals surface area contributed by atoms with Crippen LogP contribution in [0.15, 0.2) is 24.3 Å². The van der Waals surface area contributed by atoms with Gasteiger partial charge in [-0.15, -0.1) is 0 Å². The molecular weight excluding hydrogens is 400 g/mol. The van der Waals surface area contributed by atoms with Crippen molar-refractivity contribution in [2.75, 3.05) is 13.1 Å². The van der Waals surface area contributed by atoms with Crippen molar-refractivity contribution in [2.45, 2.75) is 57.0 Å². The number of rotatable bonds is 5. The highest BCUT2D eigenvalue weighted by Gasteiger charge is 2.32. The molecule has 2 saturated heterocycles. The lowest BCUT2D eigenvalue weighted by atomic mass is 9.87. The van der Waals surface area contributed by atoms with Crippen LogP contribution in [0.2, 0.25) is 0 Å². The lowest BCUT2D eigenvalue weighted by molar-refractivity contribution is -0.166. The highest BCUT2D eigenvalue weighted by atomic mass is 16.6. The Morgan fingerprint density at radius 1 is 0.871 bits per heavy atom. The van der Waals surface area contributed by atoms with E-state index in [1.54, 1.807) is 0 Å². The average Bonchev–Trinajstić information content (AvgIpc) is 3.30. The SMILES string of the molecule is O=C1CCC(c2ccc(O[C@H]3CC[C@H](C(=O)OC(=O)C4CCNC4)CC3)cc2)C(=O)N1. The molecule has 31 heavy (non-hydrogen) atoms. The van der Waals surface area contributed by atoms with E-state index in [4.69, 9.17) is 9.47 Å². The van der Waals surface area contributed by atoms with Crippen molar-refractivity contribution in [3.05, 3.63) is 29.8 Å². The number of piperidine rings is 1. The van der Waals surface area contributed by atoms with E-state index < -0.39 is 11.9 Å². The first-order valence-electron chi connectivity index (χ1n) is 11.1. The molecule has 2 N–H and O–H groups in total. The molecule has 2 aliphatic heterocycles. The molecule has 0 aromatic heterocycles. The minimum Gasteiger partial charge on any atom is -0.490 e. The molecule has 1 aromatic carbocycles. The number of hydrogen-bond donors (Lipinski definition) is 2. The van der Waals surface area contributed by atoms with E-state index in [-0.39, 0.29) is 35.7 Å². The maximum atomic E-state index is 12.3. The molecule has 1 aliphatic carbocycles. The molecule has 2 heterocycles. The summed E-state index contributed by atoms with van der Waals surface area (Å²) in [7, 11) is 0. The first kappa shape index (κ1) is 21.5. The lowest BCUT2D eigenvalue weighted by Gasteiger charge is -2.28.